The Kier molecular flexibility index (Phi) is 22.6. The molecule has 0 aliphatic heterocycles. The summed E-state index contributed by atoms with van der Waals surface area (Å²) >= 11 is 35.4. The first kappa shape index (κ1) is 53.5. The highest BCUT2D eigenvalue weighted by molar-refractivity contribution is 7.09. The average molecular weight is 945 g/mol. The summed E-state index contributed by atoms with van der Waals surface area (Å²) in [6.07, 6.45) is 3.26. The Morgan fingerprint density at radius 2 is 1.46 bits per heavy atom. The van der Waals surface area contributed by atoms with Gasteiger partial charge in [-0.25, -0.2) is 14.6 Å². The van der Waals surface area contributed by atoms with E-state index in [9.17, 15) is 19.2 Å². The van der Waals surface area contributed by atoms with Gasteiger partial charge in [0.05, 0.1) is 29.6 Å². The van der Waals surface area contributed by atoms with Crippen molar-refractivity contribution < 1.29 is 47.6 Å². The van der Waals surface area contributed by atoms with E-state index >= 15 is 0 Å². The van der Waals surface area contributed by atoms with Crippen molar-refractivity contribution in [2.24, 2.45) is 23.2 Å². The molecule has 0 aromatic carbocycles. The number of rotatable bonds is 21. The summed E-state index contributed by atoms with van der Waals surface area (Å²) in [7, 11) is 1.43. The zero-order valence-electron chi connectivity index (χ0n) is 34.5. The normalized spacial score (nSPS) is 15.9. The lowest BCUT2D eigenvalue weighted by atomic mass is 9.72. The van der Waals surface area contributed by atoms with Crippen LogP contribution in [0, 0.1) is 23.2 Å². The van der Waals surface area contributed by atoms with Gasteiger partial charge in [-0.3, -0.25) is 9.59 Å². The molecule has 0 N–H and O–H groups in total. The molecule has 0 bridgehead atoms. The van der Waals surface area contributed by atoms with Gasteiger partial charge in [0.2, 0.25) is 7.59 Å². The van der Waals surface area contributed by atoms with Crippen molar-refractivity contribution in [1.82, 2.24) is 4.98 Å². The maximum absolute atomic E-state index is 14.1. The Bertz CT molecular complexity index is 1530. The zero-order valence-corrected chi connectivity index (χ0v) is 39.8. The second-order valence-electron chi connectivity index (χ2n) is 15.7. The van der Waals surface area contributed by atoms with Gasteiger partial charge in [-0.1, -0.05) is 121 Å². The number of thiazole rings is 1. The number of ether oxygens (including phenoxy) is 6. The predicted molar refractivity (Wildman–Crippen MR) is 228 cm³/mol. The van der Waals surface area contributed by atoms with Crippen LogP contribution in [0.3, 0.4) is 0 Å². The fourth-order valence-corrected chi connectivity index (χ4v) is 6.72. The van der Waals surface area contributed by atoms with Crippen molar-refractivity contribution in [3.05, 3.63) is 33.3 Å². The molecule has 1 aromatic rings. The third-order valence-corrected chi connectivity index (χ3v) is 10.5. The third kappa shape index (κ3) is 22.1. The van der Waals surface area contributed by atoms with Crippen molar-refractivity contribution >= 4 is 111 Å². The van der Waals surface area contributed by atoms with Crippen LogP contribution in [0.1, 0.15) is 112 Å². The second kappa shape index (κ2) is 24.1. The molecule has 0 saturated heterocycles. The van der Waals surface area contributed by atoms with Gasteiger partial charge in [0.15, 0.2) is 0 Å². The summed E-state index contributed by atoms with van der Waals surface area (Å²) in [5.41, 5.74) is 1.20. The maximum Gasteiger partial charge on any atom is 0.508 e. The molecule has 1 heterocycles. The SMILES string of the molecule is CO[C@@H](CC(=O)OC(C)(C)C)C(C)(C)C(=O)[C@H](C)[C@@H](OC(=O)OCC(Cl)(Cl)Cl)[C@@H](C)CCC/C(C)=C\C[C@H](C)/C(C)=C/c1csc(COC(=O)OCC(Cl)(Cl)Cl)n1. The van der Waals surface area contributed by atoms with Crippen LogP contribution >= 0.6 is 80.9 Å². The summed E-state index contributed by atoms with van der Waals surface area (Å²) in [6, 6.07) is 0. The third-order valence-electron chi connectivity index (χ3n) is 8.99. The van der Waals surface area contributed by atoms with E-state index < -0.39 is 68.2 Å². The zero-order chi connectivity index (χ0) is 43.9. The minimum absolute atomic E-state index is 0.0721. The fourth-order valence-electron chi connectivity index (χ4n) is 5.73. The summed E-state index contributed by atoms with van der Waals surface area (Å²) < 4.78 is 28.1. The van der Waals surface area contributed by atoms with Gasteiger partial charge >= 0.3 is 18.3 Å². The number of alkyl halides is 6. The lowest BCUT2D eigenvalue weighted by Gasteiger charge is -2.37. The standard InChI is InChI=1S/C39H57Cl6NO10S/c1-23(15-16-24(2)26(4)17-28-20-57-30(46-28)19-52-34(49)53-21-38(40,41)42)13-12-14-25(3)32(55-35(50)54-22-39(43,44)45)27(5)33(48)37(9,10)29(51-11)18-31(47)56-36(6,7)8/h15,17,20,24-25,27,29,32H,12-14,16,18-19,21-22H2,1-11H3/b23-15-,26-17+/t24-,25-,27+,29-,32-/m0/s1. The van der Waals surface area contributed by atoms with Crippen molar-refractivity contribution in [3.63, 3.8) is 0 Å². The molecule has 0 saturated carbocycles. The van der Waals surface area contributed by atoms with Gasteiger partial charge in [0.25, 0.3) is 0 Å². The summed E-state index contributed by atoms with van der Waals surface area (Å²) in [4.78, 5) is 55.8. The van der Waals surface area contributed by atoms with Crippen LogP contribution in [0.25, 0.3) is 6.08 Å². The molecule has 5 atom stereocenters. The number of Topliss-reactive ketones (excluding diaryl/α,β-unsaturated/α-hetero) is 1. The minimum Gasteiger partial charge on any atom is -0.460 e. The Morgan fingerprint density at radius 1 is 0.877 bits per heavy atom. The number of methoxy groups -OCH3 is 1. The molecular weight excluding hydrogens is 887 g/mol. The van der Waals surface area contributed by atoms with Gasteiger partial charge in [-0.2, -0.15) is 0 Å². The van der Waals surface area contributed by atoms with E-state index in [4.69, 9.17) is 98.0 Å². The highest BCUT2D eigenvalue weighted by atomic mass is 35.6. The molecule has 0 aliphatic rings. The first-order valence-electron chi connectivity index (χ1n) is 18.4. The Hall–Kier alpha value is -1.51. The summed E-state index contributed by atoms with van der Waals surface area (Å²) in [5, 5.41) is 2.46. The van der Waals surface area contributed by atoms with E-state index in [1.54, 1.807) is 41.5 Å². The van der Waals surface area contributed by atoms with Crippen LogP contribution in [-0.2, 0) is 44.6 Å². The van der Waals surface area contributed by atoms with Gasteiger partial charge in [-0.15, -0.1) is 11.3 Å². The largest absolute Gasteiger partial charge is 0.508 e. The maximum atomic E-state index is 14.1. The molecule has 0 amide bonds. The molecule has 0 aliphatic carbocycles. The lowest BCUT2D eigenvalue weighted by Crippen LogP contribution is -2.47. The predicted octanol–water partition coefficient (Wildman–Crippen LogP) is 12.2. The molecule has 0 fully saturated rings. The highest BCUT2D eigenvalue weighted by Crippen LogP contribution is 2.35. The van der Waals surface area contributed by atoms with E-state index in [1.807, 2.05) is 25.3 Å². The van der Waals surface area contributed by atoms with E-state index in [0.717, 1.165) is 30.5 Å². The highest BCUT2D eigenvalue weighted by Gasteiger charge is 2.45. The van der Waals surface area contributed by atoms with Crippen LogP contribution in [0.15, 0.2) is 22.6 Å². The Morgan fingerprint density at radius 3 is 2.00 bits per heavy atom. The average Bonchev–Trinajstić information content (AvgIpc) is 3.53. The topological polar surface area (TPSA) is 137 Å². The molecule has 11 nitrogen and oxygen atoms in total. The van der Waals surface area contributed by atoms with Gasteiger partial charge in [0, 0.05) is 12.5 Å². The molecular formula is C39H57Cl6NO10S. The molecule has 0 radical (unpaired) electrons. The van der Waals surface area contributed by atoms with Gasteiger partial charge in [-0.05, 0) is 78.2 Å². The molecule has 1 rings (SSSR count). The first-order valence-corrected chi connectivity index (χ1v) is 21.5. The number of carbonyl (C=O) groups excluding carboxylic acids is 4. The van der Waals surface area contributed by atoms with Crippen molar-refractivity contribution in [2.75, 3.05) is 20.3 Å². The van der Waals surface area contributed by atoms with Crippen LogP contribution in [0.2, 0.25) is 0 Å². The lowest BCUT2D eigenvalue weighted by molar-refractivity contribution is -0.162. The number of hydrogen-bond acceptors (Lipinski definition) is 12. The number of aromatic nitrogens is 1. The second-order valence-corrected chi connectivity index (χ2v) is 21.7. The summed E-state index contributed by atoms with van der Waals surface area (Å²) in [5.74, 6) is -1.63. The van der Waals surface area contributed by atoms with Gasteiger partial charge < -0.3 is 28.4 Å². The monoisotopic (exact) mass is 941 g/mol. The number of halogens is 6. The van der Waals surface area contributed by atoms with Crippen LogP contribution in [0.4, 0.5) is 9.59 Å². The number of hydrogen-bond donors (Lipinski definition) is 0. The molecule has 0 spiro atoms. The number of allylic oxidation sites excluding steroid dienone is 3. The van der Waals surface area contributed by atoms with Crippen LogP contribution < -0.4 is 0 Å². The van der Waals surface area contributed by atoms with Crippen LogP contribution in [0.5, 0.6) is 0 Å². The molecule has 57 heavy (non-hydrogen) atoms. The smallest absolute Gasteiger partial charge is 0.460 e. The molecule has 18 heteroatoms. The number of esters is 1. The van der Waals surface area contributed by atoms with Gasteiger partial charge in [0.1, 0.15) is 42.3 Å². The molecule has 1 aromatic heterocycles. The van der Waals surface area contributed by atoms with E-state index in [2.05, 4.69) is 24.9 Å². The molecule has 326 valence electrons. The van der Waals surface area contributed by atoms with E-state index in [-0.39, 0.29) is 30.6 Å². The summed E-state index contributed by atoms with van der Waals surface area (Å²) in [6.45, 7) is 17.4. The Balaban J connectivity index is 2.94. The number of carbonyl (C=O) groups is 4. The van der Waals surface area contributed by atoms with E-state index in [0.29, 0.717) is 11.4 Å². The van der Waals surface area contributed by atoms with E-state index in [1.165, 1.54) is 24.0 Å². The van der Waals surface area contributed by atoms with Crippen molar-refractivity contribution in [2.45, 2.75) is 133 Å². The van der Waals surface area contributed by atoms with Crippen molar-refractivity contribution in [1.29, 1.82) is 0 Å². The first-order chi connectivity index (χ1) is 26.0. The van der Waals surface area contributed by atoms with Crippen LogP contribution in [-0.4, -0.2) is 74.8 Å². The number of ketones is 1. The Labute approximate surface area is 371 Å². The minimum atomic E-state index is -1.85. The number of nitrogens with zero attached hydrogens (tertiary/aromatic N) is 1. The molecule has 0 unspecified atom stereocenters. The quantitative estimate of drug-likeness (QED) is 0.0504. The van der Waals surface area contributed by atoms with Crippen molar-refractivity contribution in [3.8, 4) is 0 Å². The fraction of sp³-hybridized carbons (Fsp3) is 0.718.